The van der Waals surface area contributed by atoms with Crippen molar-refractivity contribution < 1.29 is 14.3 Å². The lowest BCUT2D eigenvalue weighted by Gasteiger charge is -2.25. The lowest BCUT2D eigenvalue weighted by Crippen LogP contribution is -2.55. The van der Waals surface area contributed by atoms with Crippen molar-refractivity contribution in [2.24, 2.45) is 11.7 Å². The molecule has 0 saturated heterocycles. The molecule has 3 N–H and O–H groups in total. The van der Waals surface area contributed by atoms with Crippen molar-refractivity contribution in [1.82, 2.24) is 5.32 Å². The number of hydrogen-bond donors (Lipinski definition) is 2. The smallest absolute Gasteiger partial charge is 0.330 e. The molecule has 0 radical (unpaired) electrons. The van der Waals surface area contributed by atoms with E-state index in [9.17, 15) is 9.59 Å². The number of carbonyl (C=O) groups is 2. The first-order valence-corrected chi connectivity index (χ1v) is 5.36. The van der Waals surface area contributed by atoms with E-state index in [0.717, 1.165) is 0 Å². The van der Waals surface area contributed by atoms with Gasteiger partial charge in [-0.1, -0.05) is 13.8 Å². The Morgan fingerprint density at radius 3 is 2.25 bits per heavy atom. The van der Waals surface area contributed by atoms with Gasteiger partial charge >= 0.3 is 5.97 Å². The van der Waals surface area contributed by atoms with Crippen LogP contribution in [-0.2, 0) is 14.3 Å². The van der Waals surface area contributed by atoms with Gasteiger partial charge in [0.15, 0.2) is 0 Å². The summed E-state index contributed by atoms with van der Waals surface area (Å²) in [7, 11) is 1.28. The van der Waals surface area contributed by atoms with Crippen LogP contribution in [0.5, 0.6) is 0 Å². The highest BCUT2D eigenvalue weighted by atomic mass is 16.5. The van der Waals surface area contributed by atoms with Gasteiger partial charge in [0.2, 0.25) is 5.91 Å². The standard InChI is InChI=1S/C11H22N2O3/c1-7(2)6-8(12)9(14)13-11(3,4)10(15)16-5/h7-8H,6,12H2,1-5H3,(H,13,14)/t8-/m1/s1. The molecule has 0 aromatic carbocycles. The summed E-state index contributed by atoms with van der Waals surface area (Å²) in [6.45, 7) is 7.13. The summed E-state index contributed by atoms with van der Waals surface area (Å²) >= 11 is 0. The Balaban J connectivity index is 4.38. The fourth-order valence-electron chi connectivity index (χ4n) is 1.32. The topological polar surface area (TPSA) is 81.4 Å². The molecule has 5 nitrogen and oxygen atoms in total. The van der Waals surface area contributed by atoms with Crippen LogP contribution in [0.15, 0.2) is 0 Å². The molecule has 94 valence electrons. The largest absolute Gasteiger partial charge is 0.467 e. The molecule has 0 aromatic heterocycles. The molecule has 0 rings (SSSR count). The van der Waals surface area contributed by atoms with E-state index in [2.05, 4.69) is 10.1 Å². The van der Waals surface area contributed by atoms with E-state index < -0.39 is 17.6 Å². The Labute approximate surface area is 96.7 Å². The molecule has 0 fully saturated rings. The first kappa shape index (κ1) is 14.9. The fraction of sp³-hybridized carbons (Fsp3) is 0.818. The predicted octanol–water partition coefficient (Wildman–Crippen LogP) is 0.428. The Morgan fingerprint density at radius 2 is 1.88 bits per heavy atom. The monoisotopic (exact) mass is 230 g/mol. The molecule has 0 bridgehead atoms. The van der Waals surface area contributed by atoms with Gasteiger partial charge in [0.05, 0.1) is 13.2 Å². The van der Waals surface area contributed by atoms with E-state index in [1.807, 2.05) is 13.8 Å². The number of rotatable bonds is 5. The molecule has 0 saturated carbocycles. The van der Waals surface area contributed by atoms with E-state index >= 15 is 0 Å². The summed E-state index contributed by atoms with van der Waals surface area (Å²) in [5.74, 6) is -0.483. The second-order valence-corrected chi connectivity index (χ2v) is 4.84. The van der Waals surface area contributed by atoms with Crippen LogP contribution in [0.25, 0.3) is 0 Å². The predicted molar refractivity (Wildman–Crippen MR) is 61.7 cm³/mol. The van der Waals surface area contributed by atoms with Gasteiger partial charge in [-0.15, -0.1) is 0 Å². The minimum Gasteiger partial charge on any atom is -0.467 e. The lowest BCUT2D eigenvalue weighted by molar-refractivity contribution is -0.149. The van der Waals surface area contributed by atoms with Crippen LogP contribution in [0, 0.1) is 5.92 Å². The summed E-state index contributed by atoms with van der Waals surface area (Å²) in [4.78, 5) is 23.0. The molecule has 0 heterocycles. The van der Waals surface area contributed by atoms with E-state index in [1.54, 1.807) is 13.8 Å². The molecule has 16 heavy (non-hydrogen) atoms. The average molecular weight is 230 g/mol. The molecule has 0 aliphatic carbocycles. The first-order chi connectivity index (χ1) is 7.20. The molecular weight excluding hydrogens is 208 g/mol. The van der Waals surface area contributed by atoms with Crippen LogP contribution in [-0.4, -0.2) is 30.6 Å². The second kappa shape index (κ2) is 5.84. The van der Waals surface area contributed by atoms with Crippen molar-refractivity contribution in [2.75, 3.05) is 7.11 Å². The minimum absolute atomic E-state index is 0.330. The molecule has 1 amide bonds. The SMILES string of the molecule is COC(=O)C(C)(C)NC(=O)[C@H](N)CC(C)C. The van der Waals surface area contributed by atoms with Gasteiger partial charge in [0.1, 0.15) is 5.54 Å². The summed E-state index contributed by atoms with van der Waals surface area (Å²) in [6.07, 6.45) is 0.586. The van der Waals surface area contributed by atoms with Crippen LogP contribution in [0.1, 0.15) is 34.1 Å². The number of nitrogens with two attached hydrogens (primary N) is 1. The molecule has 0 spiro atoms. The highest BCUT2D eigenvalue weighted by Gasteiger charge is 2.32. The highest BCUT2D eigenvalue weighted by Crippen LogP contribution is 2.07. The first-order valence-electron chi connectivity index (χ1n) is 5.36. The van der Waals surface area contributed by atoms with Crippen molar-refractivity contribution in [2.45, 2.75) is 45.7 Å². The van der Waals surface area contributed by atoms with Crippen LogP contribution in [0.3, 0.4) is 0 Å². The van der Waals surface area contributed by atoms with Crippen molar-refractivity contribution >= 4 is 11.9 Å². The number of carbonyl (C=O) groups excluding carboxylic acids is 2. The zero-order chi connectivity index (χ0) is 12.9. The van der Waals surface area contributed by atoms with E-state index in [0.29, 0.717) is 12.3 Å². The number of hydrogen-bond acceptors (Lipinski definition) is 4. The zero-order valence-corrected chi connectivity index (χ0v) is 10.7. The van der Waals surface area contributed by atoms with Gasteiger partial charge in [-0.3, -0.25) is 4.79 Å². The molecule has 0 aliphatic heterocycles. The van der Waals surface area contributed by atoms with E-state index in [4.69, 9.17) is 5.73 Å². The Bertz CT molecular complexity index is 262. The zero-order valence-electron chi connectivity index (χ0n) is 10.7. The number of nitrogens with one attached hydrogen (secondary N) is 1. The maximum Gasteiger partial charge on any atom is 0.330 e. The Kier molecular flexibility index (Phi) is 5.44. The van der Waals surface area contributed by atoms with Gasteiger partial charge in [-0.25, -0.2) is 4.79 Å². The lowest BCUT2D eigenvalue weighted by atomic mass is 10.0. The van der Waals surface area contributed by atoms with Crippen LogP contribution >= 0.6 is 0 Å². The summed E-state index contributed by atoms with van der Waals surface area (Å²) in [5, 5.41) is 2.57. The second-order valence-electron chi connectivity index (χ2n) is 4.84. The van der Waals surface area contributed by atoms with Gasteiger partial charge in [0.25, 0.3) is 0 Å². The Hall–Kier alpha value is -1.10. The Morgan fingerprint density at radius 1 is 1.38 bits per heavy atom. The summed E-state index contributed by atoms with van der Waals surface area (Å²) in [5.41, 5.74) is 4.66. The van der Waals surface area contributed by atoms with Crippen LogP contribution in [0.2, 0.25) is 0 Å². The van der Waals surface area contributed by atoms with Crippen LogP contribution in [0.4, 0.5) is 0 Å². The van der Waals surface area contributed by atoms with Gasteiger partial charge in [0, 0.05) is 0 Å². The van der Waals surface area contributed by atoms with Crippen molar-refractivity contribution in [3.63, 3.8) is 0 Å². The van der Waals surface area contributed by atoms with Crippen LogP contribution < -0.4 is 11.1 Å². The number of methoxy groups -OCH3 is 1. The molecular formula is C11H22N2O3. The van der Waals surface area contributed by atoms with E-state index in [-0.39, 0.29) is 5.91 Å². The van der Waals surface area contributed by atoms with Crippen molar-refractivity contribution in [1.29, 1.82) is 0 Å². The summed E-state index contributed by atoms with van der Waals surface area (Å²) < 4.78 is 4.58. The van der Waals surface area contributed by atoms with E-state index in [1.165, 1.54) is 7.11 Å². The summed E-state index contributed by atoms with van der Waals surface area (Å²) in [6, 6.07) is -0.594. The molecule has 0 aromatic rings. The molecule has 1 atom stereocenters. The third-order valence-corrected chi connectivity index (χ3v) is 2.19. The normalized spacial score (nSPS) is 13.4. The quantitative estimate of drug-likeness (QED) is 0.671. The maximum absolute atomic E-state index is 11.7. The number of amides is 1. The fourth-order valence-corrected chi connectivity index (χ4v) is 1.32. The maximum atomic E-state index is 11.7. The van der Waals surface area contributed by atoms with Crippen molar-refractivity contribution in [3.8, 4) is 0 Å². The third-order valence-electron chi connectivity index (χ3n) is 2.19. The van der Waals surface area contributed by atoms with Gasteiger partial charge in [-0.2, -0.15) is 0 Å². The minimum atomic E-state index is -1.04. The number of esters is 1. The molecule has 0 unspecified atom stereocenters. The average Bonchev–Trinajstić information content (AvgIpc) is 2.14. The van der Waals surface area contributed by atoms with Crippen molar-refractivity contribution in [3.05, 3.63) is 0 Å². The molecule has 5 heteroatoms. The van der Waals surface area contributed by atoms with Gasteiger partial charge in [-0.05, 0) is 26.2 Å². The highest BCUT2D eigenvalue weighted by molar-refractivity contribution is 5.89. The number of ether oxygens (including phenoxy) is 1. The van der Waals surface area contributed by atoms with Gasteiger partial charge < -0.3 is 15.8 Å². The molecule has 0 aliphatic rings. The third kappa shape index (κ3) is 4.61.